The molecule has 1 rings (SSSR count). The van der Waals surface area contributed by atoms with Gasteiger partial charge in [-0.2, -0.15) is 0 Å². The molecule has 156 valence electrons. The van der Waals surface area contributed by atoms with Crippen molar-refractivity contribution in [2.75, 3.05) is 19.8 Å². The summed E-state index contributed by atoms with van der Waals surface area (Å²) in [6.45, 7) is 8.15. The molecule has 6 heteroatoms. The number of ketones is 1. The van der Waals surface area contributed by atoms with Crippen molar-refractivity contribution < 1.29 is 19.1 Å². The summed E-state index contributed by atoms with van der Waals surface area (Å²) in [6.07, 6.45) is 6.23. The Morgan fingerprint density at radius 3 is 2.30 bits per heavy atom. The summed E-state index contributed by atoms with van der Waals surface area (Å²) >= 11 is 0. The smallest absolute Gasteiger partial charge is 0.220 e. The first-order chi connectivity index (χ1) is 12.9. The topological polar surface area (TPSA) is 84.5 Å². The molecular formula is C21H38N2O4. The maximum Gasteiger partial charge on any atom is 0.220 e. The summed E-state index contributed by atoms with van der Waals surface area (Å²) < 4.78 is 5.46. The second kappa shape index (κ2) is 13.7. The Hall–Kier alpha value is -1.43. The predicted octanol–water partition coefficient (Wildman–Crippen LogP) is 2.99. The molecule has 2 amide bonds. The van der Waals surface area contributed by atoms with Crippen LogP contribution in [0.25, 0.3) is 0 Å². The van der Waals surface area contributed by atoms with Crippen LogP contribution in [0.4, 0.5) is 0 Å². The monoisotopic (exact) mass is 382 g/mol. The second-order valence-corrected chi connectivity index (χ2v) is 7.96. The number of Topliss-reactive ketones (excluding diaryl/α,β-unsaturated/α-hetero) is 1. The number of carbonyl (C=O) groups is 3. The van der Waals surface area contributed by atoms with E-state index in [1.807, 2.05) is 6.92 Å². The summed E-state index contributed by atoms with van der Waals surface area (Å²) in [5.74, 6) is 1.06. The lowest BCUT2D eigenvalue weighted by Gasteiger charge is -2.28. The number of nitrogens with one attached hydrogen (secondary N) is 2. The van der Waals surface area contributed by atoms with Crippen molar-refractivity contribution in [2.45, 2.75) is 84.6 Å². The van der Waals surface area contributed by atoms with Gasteiger partial charge in [0.1, 0.15) is 5.78 Å². The van der Waals surface area contributed by atoms with Gasteiger partial charge in [-0.15, -0.1) is 0 Å². The number of carbonyl (C=O) groups excluding carboxylic acids is 3. The highest BCUT2D eigenvalue weighted by Crippen LogP contribution is 2.25. The molecule has 1 saturated carbocycles. The van der Waals surface area contributed by atoms with Crippen LogP contribution in [0.5, 0.6) is 0 Å². The van der Waals surface area contributed by atoms with E-state index in [1.165, 1.54) is 0 Å². The zero-order chi connectivity index (χ0) is 20.1. The minimum Gasteiger partial charge on any atom is -0.381 e. The fraction of sp³-hybridized carbons (Fsp3) is 0.857. The summed E-state index contributed by atoms with van der Waals surface area (Å²) in [5, 5.41) is 5.91. The molecule has 0 aliphatic heterocycles. The van der Waals surface area contributed by atoms with Crippen molar-refractivity contribution in [1.29, 1.82) is 0 Å². The molecule has 0 unspecified atom stereocenters. The van der Waals surface area contributed by atoms with Crippen molar-refractivity contribution in [1.82, 2.24) is 10.6 Å². The molecule has 6 nitrogen and oxygen atoms in total. The molecule has 2 N–H and O–H groups in total. The maximum absolute atomic E-state index is 12.0. The van der Waals surface area contributed by atoms with Crippen LogP contribution in [0.3, 0.4) is 0 Å². The summed E-state index contributed by atoms with van der Waals surface area (Å²) in [7, 11) is 0. The number of ether oxygens (including phenoxy) is 1. The van der Waals surface area contributed by atoms with Crippen LogP contribution in [0.15, 0.2) is 0 Å². The Morgan fingerprint density at radius 1 is 1.00 bits per heavy atom. The van der Waals surface area contributed by atoms with Gasteiger partial charge in [0.15, 0.2) is 0 Å². The molecule has 0 radical (unpaired) electrons. The van der Waals surface area contributed by atoms with Gasteiger partial charge in [0.05, 0.1) is 0 Å². The SMILES string of the molecule is CCC(=O)C1CCC(NC(=O)CCCC(=O)NCCCOCC(C)C)CC1. The highest BCUT2D eigenvalue weighted by Gasteiger charge is 2.25. The van der Waals surface area contributed by atoms with E-state index in [1.54, 1.807) is 0 Å². The molecule has 0 bridgehead atoms. The summed E-state index contributed by atoms with van der Waals surface area (Å²) in [4.78, 5) is 35.5. The lowest BCUT2D eigenvalue weighted by molar-refractivity contribution is -0.123. The van der Waals surface area contributed by atoms with E-state index in [0.717, 1.165) is 38.7 Å². The molecule has 0 atom stereocenters. The lowest BCUT2D eigenvalue weighted by Crippen LogP contribution is -2.38. The molecular weight excluding hydrogens is 344 g/mol. The van der Waals surface area contributed by atoms with Crippen molar-refractivity contribution >= 4 is 17.6 Å². The second-order valence-electron chi connectivity index (χ2n) is 7.96. The van der Waals surface area contributed by atoms with Crippen LogP contribution in [-0.2, 0) is 19.1 Å². The molecule has 0 heterocycles. The van der Waals surface area contributed by atoms with Crippen LogP contribution in [0.1, 0.15) is 78.6 Å². The van der Waals surface area contributed by atoms with E-state index in [-0.39, 0.29) is 23.8 Å². The standard InChI is InChI=1S/C21H38N2O4/c1-4-19(24)17-9-11-18(12-10-17)23-21(26)8-5-7-20(25)22-13-6-14-27-15-16(2)3/h16-18H,4-15H2,1-3H3,(H,22,25)(H,23,26). The largest absolute Gasteiger partial charge is 0.381 e. The van der Waals surface area contributed by atoms with Gasteiger partial charge in [-0.1, -0.05) is 20.8 Å². The van der Waals surface area contributed by atoms with E-state index in [0.29, 0.717) is 50.5 Å². The summed E-state index contributed by atoms with van der Waals surface area (Å²) in [5.41, 5.74) is 0. The molecule has 0 aromatic heterocycles. The fourth-order valence-corrected chi connectivity index (χ4v) is 3.37. The van der Waals surface area contributed by atoms with Crippen LogP contribution >= 0.6 is 0 Å². The van der Waals surface area contributed by atoms with Crippen molar-refractivity contribution in [2.24, 2.45) is 11.8 Å². The van der Waals surface area contributed by atoms with Crippen LogP contribution in [0.2, 0.25) is 0 Å². The minimum absolute atomic E-state index is 0.00903. The number of hydrogen-bond donors (Lipinski definition) is 2. The lowest BCUT2D eigenvalue weighted by atomic mass is 9.83. The molecule has 0 spiro atoms. The van der Waals surface area contributed by atoms with E-state index < -0.39 is 0 Å². The highest BCUT2D eigenvalue weighted by molar-refractivity contribution is 5.81. The number of rotatable bonds is 13. The van der Waals surface area contributed by atoms with Gasteiger partial charge in [0, 0.05) is 51.0 Å². The summed E-state index contributed by atoms with van der Waals surface area (Å²) in [6, 6.07) is 0.179. The molecule has 1 aliphatic carbocycles. The average molecular weight is 383 g/mol. The average Bonchev–Trinajstić information content (AvgIpc) is 2.64. The maximum atomic E-state index is 12.0. The van der Waals surface area contributed by atoms with Gasteiger partial charge in [-0.05, 0) is 44.4 Å². The third-order valence-corrected chi connectivity index (χ3v) is 4.94. The third-order valence-electron chi connectivity index (χ3n) is 4.94. The van der Waals surface area contributed by atoms with Gasteiger partial charge in [-0.3, -0.25) is 14.4 Å². The van der Waals surface area contributed by atoms with Crippen LogP contribution in [0, 0.1) is 11.8 Å². The molecule has 0 saturated heterocycles. The van der Waals surface area contributed by atoms with Crippen molar-refractivity contribution in [3.05, 3.63) is 0 Å². The van der Waals surface area contributed by atoms with Gasteiger partial charge in [0.25, 0.3) is 0 Å². The zero-order valence-corrected chi connectivity index (χ0v) is 17.4. The first kappa shape index (κ1) is 23.6. The van der Waals surface area contributed by atoms with Crippen molar-refractivity contribution in [3.63, 3.8) is 0 Å². The van der Waals surface area contributed by atoms with Gasteiger partial charge >= 0.3 is 0 Å². The van der Waals surface area contributed by atoms with E-state index >= 15 is 0 Å². The Bertz CT molecular complexity index is 457. The molecule has 0 aromatic rings. The third kappa shape index (κ3) is 11.1. The zero-order valence-electron chi connectivity index (χ0n) is 17.4. The van der Waals surface area contributed by atoms with Crippen LogP contribution in [-0.4, -0.2) is 43.4 Å². The minimum atomic E-state index is -0.00903. The van der Waals surface area contributed by atoms with E-state index in [2.05, 4.69) is 24.5 Å². The van der Waals surface area contributed by atoms with Gasteiger partial charge in [-0.25, -0.2) is 0 Å². The van der Waals surface area contributed by atoms with Gasteiger partial charge in [0.2, 0.25) is 11.8 Å². The molecule has 1 fully saturated rings. The fourth-order valence-electron chi connectivity index (χ4n) is 3.37. The molecule has 0 aromatic carbocycles. The van der Waals surface area contributed by atoms with E-state index in [4.69, 9.17) is 4.74 Å². The molecule has 1 aliphatic rings. The Kier molecular flexibility index (Phi) is 12.0. The quantitative estimate of drug-likeness (QED) is 0.480. The Balaban J connectivity index is 2.02. The normalized spacial score (nSPS) is 19.7. The number of amides is 2. The van der Waals surface area contributed by atoms with Crippen LogP contribution < -0.4 is 10.6 Å². The van der Waals surface area contributed by atoms with Crippen molar-refractivity contribution in [3.8, 4) is 0 Å². The van der Waals surface area contributed by atoms with Gasteiger partial charge < -0.3 is 15.4 Å². The molecule has 27 heavy (non-hydrogen) atoms. The Morgan fingerprint density at radius 2 is 1.67 bits per heavy atom. The number of hydrogen-bond acceptors (Lipinski definition) is 4. The van der Waals surface area contributed by atoms with E-state index in [9.17, 15) is 14.4 Å². The first-order valence-electron chi connectivity index (χ1n) is 10.6. The highest BCUT2D eigenvalue weighted by atomic mass is 16.5. The first-order valence-corrected chi connectivity index (χ1v) is 10.6. The Labute approximate surface area is 164 Å². The predicted molar refractivity (Wildman–Crippen MR) is 106 cm³/mol.